The molecule has 3 atom stereocenters. The van der Waals surface area contributed by atoms with E-state index >= 15 is 0 Å². The molecular weight excluding hydrogens is 733 g/mol. The highest BCUT2D eigenvalue weighted by Crippen LogP contribution is 2.43. The normalized spacial score (nSPS) is 13.8. The number of ether oxygens (including phenoxy) is 1. The van der Waals surface area contributed by atoms with Crippen LogP contribution in [0.2, 0.25) is 0 Å². The molecule has 330 valence electrons. The first-order valence-electron chi connectivity index (χ1n) is 22.7. The van der Waals surface area contributed by atoms with Crippen molar-refractivity contribution in [3.05, 3.63) is 12.2 Å². The fourth-order valence-corrected chi connectivity index (χ4v) is 7.26. The van der Waals surface area contributed by atoms with Crippen molar-refractivity contribution in [2.24, 2.45) is 0 Å². The maximum Gasteiger partial charge on any atom is 0.472 e. The molecule has 11 nitrogen and oxygen atoms in total. The Morgan fingerprint density at radius 1 is 0.554 bits per heavy atom. The van der Waals surface area contributed by atoms with Crippen molar-refractivity contribution in [1.29, 1.82) is 0 Å². The SMILES string of the molecule is CCCCCCCC/C=C/CCCCCCCCCCCCCCCC(=O)NC(COP(=O)(O)OCC(O)COC(=O)CCCCCCCCCCC)C(=O)O. The number of aliphatic hydroxyl groups excluding tert-OH is 1. The molecule has 0 spiro atoms. The lowest BCUT2D eigenvalue weighted by molar-refractivity contribution is -0.147. The quantitative estimate of drug-likeness (QED) is 0.0201. The Bertz CT molecular complexity index is 1010. The van der Waals surface area contributed by atoms with E-state index in [1.807, 2.05) is 0 Å². The van der Waals surface area contributed by atoms with Gasteiger partial charge in [-0.3, -0.25) is 18.6 Å². The third-order valence-electron chi connectivity index (χ3n) is 10.1. The Balaban J connectivity index is 3.81. The highest BCUT2D eigenvalue weighted by molar-refractivity contribution is 7.47. The molecule has 0 aromatic heterocycles. The number of carbonyl (C=O) groups excluding carboxylic acids is 2. The van der Waals surface area contributed by atoms with Crippen molar-refractivity contribution in [3.8, 4) is 0 Å². The van der Waals surface area contributed by atoms with Crippen LogP contribution < -0.4 is 5.32 Å². The van der Waals surface area contributed by atoms with E-state index in [2.05, 4.69) is 31.3 Å². The summed E-state index contributed by atoms with van der Waals surface area (Å²) in [6.45, 7) is 2.58. The zero-order valence-electron chi connectivity index (χ0n) is 35.7. The van der Waals surface area contributed by atoms with Gasteiger partial charge in [0.25, 0.3) is 0 Å². The lowest BCUT2D eigenvalue weighted by Gasteiger charge is -2.18. The minimum atomic E-state index is -4.75. The molecule has 0 aromatic carbocycles. The molecule has 0 radical (unpaired) electrons. The van der Waals surface area contributed by atoms with E-state index < -0.39 is 57.6 Å². The number of hydrogen-bond donors (Lipinski definition) is 4. The first-order chi connectivity index (χ1) is 27.1. The van der Waals surface area contributed by atoms with Gasteiger partial charge in [0.1, 0.15) is 12.7 Å². The van der Waals surface area contributed by atoms with Gasteiger partial charge in [-0.25, -0.2) is 9.36 Å². The number of phosphoric ester groups is 1. The maximum atomic E-state index is 12.3. The van der Waals surface area contributed by atoms with Crippen molar-refractivity contribution >= 4 is 25.7 Å². The highest BCUT2D eigenvalue weighted by Gasteiger charge is 2.28. The van der Waals surface area contributed by atoms with Gasteiger partial charge < -0.3 is 25.2 Å². The second-order valence-electron chi connectivity index (χ2n) is 15.6. The number of rotatable bonds is 43. The number of hydrogen-bond acceptors (Lipinski definition) is 8. The molecule has 0 heterocycles. The molecular formula is C44H84NO10P. The number of carboxylic acids is 1. The minimum Gasteiger partial charge on any atom is -0.480 e. The van der Waals surface area contributed by atoms with Crippen LogP contribution in [-0.4, -0.2) is 64.9 Å². The van der Waals surface area contributed by atoms with Crippen LogP contribution in [0, 0.1) is 0 Å². The molecule has 0 bridgehead atoms. The first-order valence-corrected chi connectivity index (χ1v) is 24.2. The van der Waals surface area contributed by atoms with Crippen LogP contribution >= 0.6 is 7.82 Å². The van der Waals surface area contributed by atoms with Crippen LogP contribution in [0.15, 0.2) is 12.2 Å². The summed E-state index contributed by atoms with van der Waals surface area (Å²) in [4.78, 5) is 45.8. The summed E-state index contributed by atoms with van der Waals surface area (Å²) >= 11 is 0. The van der Waals surface area contributed by atoms with Gasteiger partial charge in [-0.1, -0.05) is 180 Å². The summed E-state index contributed by atoms with van der Waals surface area (Å²) in [5.41, 5.74) is 0. The Morgan fingerprint density at radius 2 is 0.929 bits per heavy atom. The zero-order chi connectivity index (χ0) is 41.4. The van der Waals surface area contributed by atoms with E-state index in [-0.39, 0.29) is 12.8 Å². The van der Waals surface area contributed by atoms with Gasteiger partial charge in [0.2, 0.25) is 5.91 Å². The fourth-order valence-electron chi connectivity index (χ4n) is 6.49. The van der Waals surface area contributed by atoms with Gasteiger partial charge in [0.05, 0.1) is 13.2 Å². The molecule has 0 aliphatic rings. The second-order valence-corrected chi connectivity index (χ2v) is 17.0. The third kappa shape index (κ3) is 39.1. The molecule has 0 saturated heterocycles. The molecule has 0 aliphatic heterocycles. The molecule has 0 rings (SSSR count). The molecule has 12 heteroatoms. The number of aliphatic carboxylic acids is 1. The van der Waals surface area contributed by atoms with Gasteiger partial charge in [0, 0.05) is 12.8 Å². The summed E-state index contributed by atoms with van der Waals surface area (Å²) < 4.78 is 26.8. The van der Waals surface area contributed by atoms with E-state index in [0.717, 1.165) is 38.5 Å². The van der Waals surface area contributed by atoms with E-state index in [9.17, 15) is 34.1 Å². The number of carbonyl (C=O) groups is 3. The van der Waals surface area contributed by atoms with Crippen molar-refractivity contribution in [1.82, 2.24) is 5.32 Å². The zero-order valence-corrected chi connectivity index (χ0v) is 36.6. The van der Waals surface area contributed by atoms with E-state index in [0.29, 0.717) is 12.8 Å². The van der Waals surface area contributed by atoms with E-state index in [1.54, 1.807) is 0 Å². The standard InChI is InChI=1S/C44H84NO10P/c1-3-5-7-9-11-13-14-15-16-17-18-19-20-21-22-23-24-25-26-28-29-31-33-35-42(47)45-41(44(49)50)39-55-56(51,52)54-38-40(46)37-53-43(48)36-34-32-30-27-12-10-8-6-4-2/h15-16,40-41,46H,3-14,17-39H2,1-2H3,(H,45,47)(H,49,50)(H,51,52)/b16-15+. The summed E-state index contributed by atoms with van der Waals surface area (Å²) in [6, 6.07) is -1.54. The van der Waals surface area contributed by atoms with Crippen molar-refractivity contribution in [3.63, 3.8) is 0 Å². The van der Waals surface area contributed by atoms with Crippen LogP contribution in [0.5, 0.6) is 0 Å². The van der Waals surface area contributed by atoms with Crippen molar-refractivity contribution < 1.29 is 47.8 Å². The van der Waals surface area contributed by atoms with Gasteiger partial charge in [-0.2, -0.15) is 0 Å². The van der Waals surface area contributed by atoms with Gasteiger partial charge in [-0.15, -0.1) is 0 Å². The molecule has 0 fully saturated rings. The van der Waals surface area contributed by atoms with Crippen LogP contribution in [0.25, 0.3) is 0 Å². The van der Waals surface area contributed by atoms with Crippen LogP contribution in [0.1, 0.15) is 219 Å². The Labute approximate surface area is 341 Å². The number of allylic oxidation sites excluding steroid dienone is 2. The second kappa shape index (κ2) is 40.0. The van der Waals surface area contributed by atoms with Gasteiger partial charge in [0.15, 0.2) is 6.04 Å². The monoisotopic (exact) mass is 818 g/mol. The fraction of sp³-hybridized carbons (Fsp3) is 0.886. The highest BCUT2D eigenvalue weighted by atomic mass is 31.2. The Kier molecular flexibility index (Phi) is 38.7. The number of carboxylic acid groups (broad SMARTS) is 1. The molecule has 56 heavy (non-hydrogen) atoms. The number of aliphatic hydroxyl groups is 1. The number of amides is 1. The van der Waals surface area contributed by atoms with Crippen molar-refractivity contribution in [2.75, 3.05) is 19.8 Å². The summed E-state index contributed by atoms with van der Waals surface area (Å²) in [5.74, 6) is -2.36. The summed E-state index contributed by atoms with van der Waals surface area (Å²) in [6.07, 6.45) is 39.7. The number of esters is 1. The number of nitrogens with one attached hydrogen (secondary N) is 1. The molecule has 0 aliphatic carbocycles. The van der Waals surface area contributed by atoms with Crippen molar-refractivity contribution in [2.45, 2.75) is 231 Å². The average molecular weight is 818 g/mol. The van der Waals surface area contributed by atoms with Crippen LogP contribution in [0.3, 0.4) is 0 Å². The van der Waals surface area contributed by atoms with Crippen LogP contribution in [-0.2, 0) is 32.7 Å². The third-order valence-corrected chi connectivity index (χ3v) is 11.0. The Morgan fingerprint density at radius 3 is 1.36 bits per heavy atom. The lowest BCUT2D eigenvalue weighted by Crippen LogP contribution is -2.43. The maximum absolute atomic E-state index is 12.3. The first kappa shape index (κ1) is 54.2. The lowest BCUT2D eigenvalue weighted by atomic mass is 10.0. The molecule has 0 saturated carbocycles. The molecule has 1 amide bonds. The number of unbranched alkanes of at least 4 members (excludes halogenated alkanes) is 27. The largest absolute Gasteiger partial charge is 0.480 e. The molecule has 4 N–H and O–H groups in total. The average Bonchev–Trinajstić information content (AvgIpc) is 3.17. The molecule has 3 unspecified atom stereocenters. The Hall–Kier alpha value is -1.78. The predicted molar refractivity (Wildman–Crippen MR) is 226 cm³/mol. The smallest absolute Gasteiger partial charge is 0.472 e. The van der Waals surface area contributed by atoms with E-state index in [4.69, 9.17) is 13.8 Å². The number of phosphoric acid groups is 1. The molecule has 0 aromatic rings. The van der Waals surface area contributed by atoms with Crippen LogP contribution in [0.4, 0.5) is 0 Å². The summed E-state index contributed by atoms with van der Waals surface area (Å²) in [7, 11) is -4.75. The minimum absolute atomic E-state index is 0.149. The van der Waals surface area contributed by atoms with E-state index in [1.165, 1.54) is 141 Å². The van der Waals surface area contributed by atoms with Gasteiger partial charge >= 0.3 is 19.8 Å². The van der Waals surface area contributed by atoms with Gasteiger partial charge in [-0.05, 0) is 38.5 Å². The topological polar surface area (TPSA) is 169 Å². The predicted octanol–water partition coefficient (Wildman–Crippen LogP) is 11.7. The summed E-state index contributed by atoms with van der Waals surface area (Å²) in [5, 5.41) is 21.8.